The van der Waals surface area contributed by atoms with Crippen LogP contribution in [0.15, 0.2) is 79.5 Å². The van der Waals surface area contributed by atoms with E-state index in [1.807, 2.05) is 49.4 Å². The number of hydrogen-bond donors (Lipinski definition) is 1. The van der Waals surface area contributed by atoms with Gasteiger partial charge in [0.15, 0.2) is 6.61 Å². The molecular formula is C23H19N5O2. The molecule has 1 N–H and O–H groups in total. The van der Waals surface area contributed by atoms with Gasteiger partial charge in [-0.1, -0.05) is 12.1 Å². The number of carbonyl (C=O) groups is 1. The number of amides is 1. The topological polar surface area (TPSA) is 89.9 Å². The zero-order valence-electron chi connectivity index (χ0n) is 16.3. The minimum absolute atomic E-state index is 0.119. The number of benzene rings is 1. The Morgan fingerprint density at radius 2 is 1.80 bits per heavy atom. The van der Waals surface area contributed by atoms with Gasteiger partial charge in [-0.25, -0.2) is 4.98 Å². The summed E-state index contributed by atoms with van der Waals surface area (Å²) in [6, 6.07) is 15.1. The van der Waals surface area contributed by atoms with E-state index in [0.717, 1.165) is 28.1 Å². The molecule has 0 unspecified atom stereocenters. The number of nitrogens with one attached hydrogen (secondary N) is 1. The maximum atomic E-state index is 12.2. The Bertz CT molecular complexity index is 1150. The van der Waals surface area contributed by atoms with Crippen molar-refractivity contribution in [2.24, 2.45) is 0 Å². The third kappa shape index (κ3) is 4.82. The fourth-order valence-electron chi connectivity index (χ4n) is 2.89. The molecule has 0 radical (unpaired) electrons. The molecule has 0 spiro atoms. The first kappa shape index (κ1) is 19.2. The first-order valence-corrected chi connectivity index (χ1v) is 9.35. The van der Waals surface area contributed by atoms with Crippen molar-refractivity contribution in [2.45, 2.75) is 6.92 Å². The molecule has 4 aromatic rings. The maximum Gasteiger partial charge on any atom is 0.263 e. The number of pyridine rings is 2. The Labute approximate surface area is 173 Å². The fraction of sp³-hybridized carbons (Fsp3) is 0.0870. The van der Waals surface area contributed by atoms with E-state index in [9.17, 15) is 4.79 Å². The Balaban J connectivity index is 1.35. The molecule has 0 saturated heterocycles. The van der Waals surface area contributed by atoms with Crippen molar-refractivity contribution in [3.63, 3.8) is 0 Å². The van der Waals surface area contributed by atoms with Gasteiger partial charge in [0, 0.05) is 36.0 Å². The predicted molar refractivity (Wildman–Crippen MR) is 114 cm³/mol. The van der Waals surface area contributed by atoms with Gasteiger partial charge in [-0.05, 0) is 54.4 Å². The van der Waals surface area contributed by atoms with Crippen LogP contribution in [0.1, 0.15) is 5.69 Å². The van der Waals surface area contributed by atoms with Crippen LogP contribution in [0.3, 0.4) is 0 Å². The van der Waals surface area contributed by atoms with Crippen LogP contribution in [-0.2, 0) is 4.79 Å². The van der Waals surface area contributed by atoms with E-state index in [1.165, 1.54) is 0 Å². The van der Waals surface area contributed by atoms with Gasteiger partial charge in [-0.15, -0.1) is 0 Å². The molecule has 30 heavy (non-hydrogen) atoms. The normalized spacial score (nSPS) is 10.4. The third-order valence-electron chi connectivity index (χ3n) is 4.32. The molecule has 1 aromatic carbocycles. The Morgan fingerprint density at radius 3 is 2.57 bits per heavy atom. The van der Waals surface area contributed by atoms with Crippen molar-refractivity contribution < 1.29 is 9.53 Å². The van der Waals surface area contributed by atoms with Crippen LogP contribution in [-0.4, -0.2) is 32.4 Å². The first-order valence-electron chi connectivity index (χ1n) is 9.35. The number of anilines is 1. The molecule has 0 fully saturated rings. The Morgan fingerprint density at radius 1 is 0.900 bits per heavy atom. The molecule has 0 saturated carbocycles. The molecule has 1 amide bonds. The van der Waals surface area contributed by atoms with Gasteiger partial charge in [0.1, 0.15) is 11.6 Å². The second-order valence-electron chi connectivity index (χ2n) is 6.57. The van der Waals surface area contributed by atoms with Crippen molar-refractivity contribution in [3.05, 3.63) is 85.2 Å². The van der Waals surface area contributed by atoms with Crippen LogP contribution in [0.2, 0.25) is 0 Å². The highest BCUT2D eigenvalue weighted by Crippen LogP contribution is 2.24. The SMILES string of the molecule is Cc1cc(-c2cccc(OCC(=O)Nc3ccc(-c4cnccn4)cn3)c2)ccn1. The quantitative estimate of drug-likeness (QED) is 0.530. The van der Waals surface area contributed by atoms with Crippen molar-refractivity contribution in [2.75, 3.05) is 11.9 Å². The van der Waals surface area contributed by atoms with Gasteiger partial charge in [0.2, 0.25) is 0 Å². The second kappa shape index (κ2) is 8.91. The molecule has 0 aliphatic rings. The van der Waals surface area contributed by atoms with Gasteiger partial charge in [0.05, 0.1) is 11.9 Å². The predicted octanol–water partition coefficient (Wildman–Crippen LogP) is 3.93. The Kier molecular flexibility index (Phi) is 5.70. The average molecular weight is 397 g/mol. The van der Waals surface area contributed by atoms with E-state index in [1.54, 1.807) is 37.1 Å². The lowest BCUT2D eigenvalue weighted by molar-refractivity contribution is -0.118. The van der Waals surface area contributed by atoms with Crippen LogP contribution in [0.4, 0.5) is 5.82 Å². The minimum atomic E-state index is -0.292. The van der Waals surface area contributed by atoms with E-state index in [2.05, 4.69) is 25.3 Å². The molecule has 7 heteroatoms. The number of hydrogen-bond acceptors (Lipinski definition) is 6. The maximum absolute atomic E-state index is 12.2. The molecular weight excluding hydrogens is 378 g/mol. The van der Waals surface area contributed by atoms with Crippen LogP contribution in [0.5, 0.6) is 5.75 Å². The summed E-state index contributed by atoms with van der Waals surface area (Å²) in [6.45, 7) is 1.83. The summed E-state index contributed by atoms with van der Waals surface area (Å²) >= 11 is 0. The van der Waals surface area contributed by atoms with E-state index < -0.39 is 0 Å². The van der Waals surface area contributed by atoms with E-state index in [0.29, 0.717) is 11.6 Å². The van der Waals surface area contributed by atoms with Crippen molar-refractivity contribution in [1.29, 1.82) is 0 Å². The molecule has 148 valence electrons. The summed E-state index contributed by atoms with van der Waals surface area (Å²) in [5, 5.41) is 2.73. The minimum Gasteiger partial charge on any atom is -0.484 e. The summed E-state index contributed by atoms with van der Waals surface area (Å²) in [6.07, 6.45) is 8.30. The number of ether oxygens (including phenoxy) is 1. The number of nitrogens with zero attached hydrogens (tertiary/aromatic N) is 4. The molecule has 7 nitrogen and oxygen atoms in total. The highest BCUT2D eigenvalue weighted by molar-refractivity contribution is 5.91. The Hall–Kier alpha value is -4.13. The number of carbonyl (C=O) groups excluding carboxylic acids is 1. The van der Waals surface area contributed by atoms with E-state index >= 15 is 0 Å². The molecule has 0 bridgehead atoms. The average Bonchev–Trinajstić information content (AvgIpc) is 2.79. The zero-order chi connectivity index (χ0) is 20.8. The van der Waals surface area contributed by atoms with Gasteiger partial charge in [-0.2, -0.15) is 0 Å². The van der Waals surface area contributed by atoms with Crippen molar-refractivity contribution in [1.82, 2.24) is 19.9 Å². The lowest BCUT2D eigenvalue weighted by atomic mass is 10.1. The molecule has 3 aromatic heterocycles. The lowest BCUT2D eigenvalue weighted by Crippen LogP contribution is -2.20. The van der Waals surface area contributed by atoms with Gasteiger partial charge >= 0.3 is 0 Å². The van der Waals surface area contributed by atoms with Crippen LogP contribution < -0.4 is 10.1 Å². The van der Waals surface area contributed by atoms with E-state index in [4.69, 9.17) is 4.74 Å². The molecule has 4 rings (SSSR count). The number of aryl methyl sites for hydroxylation is 1. The number of rotatable bonds is 6. The van der Waals surface area contributed by atoms with Gasteiger partial charge in [0.25, 0.3) is 5.91 Å². The zero-order valence-corrected chi connectivity index (χ0v) is 16.3. The summed E-state index contributed by atoms with van der Waals surface area (Å²) in [7, 11) is 0. The second-order valence-corrected chi connectivity index (χ2v) is 6.57. The smallest absolute Gasteiger partial charge is 0.263 e. The van der Waals surface area contributed by atoms with E-state index in [-0.39, 0.29) is 12.5 Å². The summed E-state index contributed by atoms with van der Waals surface area (Å²) in [5.41, 5.74) is 4.52. The third-order valence-corrected chi connectivity index (χ3v) is 4.32. The van der Waals surface area contributed by atoms with Crippen molar-refractivity contribution in [3.8, 4) is 28.1 Å². The molecule has 0 aliphatic heterocycles. The number of aromatic nitrogens is 4. The monoisotopic (exact) mass is 397 g/mol. The standard InChI is InChI=1S/C23H19N5O2/c1-16-11-18(7-8-25-16)17-3-2-4-20(12-17)30-15-23(29)28-22-6-5-19(13-27-22)21-14-24-9-10-26-21/h2-14H,15H2,1H3,(H,27,28,29). The van der Waals surface area contributed by atoms with Crippen LogP contribution in [0, 0.1) is 6.92 Å². The summed E-state index contributed by atoms with van der Waals surface area (Å²) in [4.78, 5) is 29.0. The van der Waals surface area contributed by atoms with Crippen molar-refractivity contribution >= 4 is 11.7 Å². The highest BCUT2D eigenvalue weighted by atomic mass is 16.5. The molecule has 0 atom stereocenters. The largest absolute Gasteiger partial charge is 0.484 e. The van der Waals surface area contributed by atoms with Crippen LogP contribution in [0.25, 0.3) is 22.4 Å². The van der Waals surface area contributed by atoms with Gasteiger partial charge < -0.3 is 10.1 Å². The molecule has 3 heterocycles. The summed E-state index contributed by atoms with van der Waals surface area (Å²) in [5.74, 6) is 0.764. The lowest BCUT2D eigenvalue weighted by Gasteiger charge is -2.09. The fourth-order valence-corrected chi connectivity index (χ4v) is 2.89. The first-order chi connectivity index (χ1) is 14.7. The summed E-state index contributed by atoms with van der Waals surface area (Å²) < 4.78 is 5.65. The van der Waals surface area contributed by atoms with Gasteiger partial charge in [-0.3, -0.25) is 19.7 Å². The highest BCUT2D eigenvalue weighted by Gasteiger charge is 2.07. The van der Waals surface area contributed by atoms with Crippen LogP contribution >= 0.6 is 0 Å². The molecule has 0 aliphatic carbocycles.